The number of hydrogen-bond donors (Lipinski definition) is 0. The molecule has 0 fully saturated rings. The van der Waals surface area contributed by atoms with E-state index in [-0.39, 0.29) is 12.8 Å². The van der Waals surface area contributed by atoms with Crippen molar-refractivity contribution in [3.63, 3.8) is 0 Å². The van der Waals surface area contributed by atoms with E-state index < -0.39 is 36.0 Å². The van der Waals surface area contributed by atoms with Crippen LogP contribution in [0, 0.1) is 0 Å². The molecule has 23 heavy (non-hydrogen) atoms. The lowest BCUT2D eigenvalue weighted by Crippen LogP contribution is -2.57. The summed E-state index contributed by atoms with van der Waals surface area (Å²) in [5.74, 6) is -2.20. The van der Waals surface area contributed by atoms with Crippen LogP contribution in [0.2, 0.25) is 0 Å². The third-order valence-corrected chi connectivity index (χ3v) is 3.01. The number of aliphatic imine (C=N–C) groups is 2. The highest BCUT2D eigenvalue weighted by Gasteiger charge is 2.74. The third kappa shape index (κ3) is 4.03. The highest BCUT2D eigenvalue weighted by atomic mass is 19.4. The summed E-state index contributed by atoms with van der Waals surface area (Å²) in [6, 6.07) is 0. The molecule has 0 aromatic heterocycles. The van der Waals surface area contributed by atoms with E-state index in [4.69, 9.17) is 0 Å². The van der Waals surface area contributed by atoms with Gasteiger partial charge in [0, 0.05) is 6.42 Å². The Morgan fingerprint density at radius 2 is 1.70 bits per heavy atom. The molecule has 0 saturated carbocycles. The first-order valence-electron chi connectivity index (χ1n) is 6.75. The zero-order valence-corrected chi connectivity index (χ0v) is 12.1. The van der Waals surface area contributed by atoms with Gasteiger partial charge in [0.15, 0.2) is 12.1 Å². The molecule has 10 heteroatoms. The number of hydrogen-bond acceptors (Lipinski definition) is 3. The topological polar surface area (TPSA) is 34.0 Å². The zero-order valence-electron chi connectivity index (χ0n) is 12.1. The van der Waals surface area contributed by atoms with Crippen molar-refractivity contribution < 1.29 is 35.5 Å². The second-order valence-corrected chi connectivity index (χ2v) is 4.82. The van der Waals surface area contributed by atoms with Gasteiger partial charge in [0.25, 0.3) is 0 Å². The van der Waals surface area contributed by atoms with Gasteiger partial charge in [-0.05, 0) is 12.5 Å². The fourth-order valence-corrected chi connectivity index (χ4v) is 1.80. The van der Waals surface area contributed by atoms with Gasteiger partial charge in [0.1, 0.15) is 0 Å². The van der Waals surface area contributed by atoms with Crippen LogP contribution >= 0.6 is 0 Å². The zero-order chi connectivity index (χ0) is 17.9. The molecule has 0 aromatic carbocycles. The molecule has 0 spiro atoms. The van der Waals surface area contributed by atoms with E-state index in [9.17, 15) is 30.7 Å². The fourth-order valence-electron chi connectivity index (χ4n) is 1.80. The van der Waals surface area contributed by atoms with E-state index in [1.807, 2.05) is 0 Å². The summed E-state index contributed by atoms with van der Waals surface area (Å²) in [5.41, 5.74) is -4.76. The molecule has 1 heterocycles. The maximum absolute atomic E-state index is 13.5. The van der Waals surface area contributed by atoms with Crippen LogP contribution in [0.4, 0.5) is 30.7 Å². The number of ether oxygens (including phenoxy) is 1. The summed E-state index contributed by atoms with van der Waals surface area (Å²) in [6.07, 6.45) is -12.5. The highest BCUT2D eigenvalue weighted by Crippen LogP contribution is 2.48. The van der Waals surface area contributed by atoms with Gasteiger partial charge in [-0.15, -0.1) is 0 Å². The predicted molar refractivity (Wildman–Crippen MR) is 70.0 cm³/mol. The SMILES string of the molecule is C=CC(F)C1=NC(C(F)(F)F)(C(F)(F)F)N=C(CCCCC)O1. The number of alkyl halides is 7. The van der Waals surface area contributed by atoms with Crippen LogP contribution in [-0.4, -0.2) is 36.0 Å². The molecule has 0 saturated heterocycles. The van der Waals surface area contributed by atoms with Gasteiger partial charge in [-0.3, -0.25) is 0 Å². The Labute approximate surface area is 127 Å². The Balaban J connectivity index is 3.37. The van der Waals surface area contributed by atoms with E-state index in [1.54, 1.807) is 6.92 Å². The molecule has 0 amide bonds. The van der Waals surface area contributed by atoms with Crippen molar-refractivity contribution in [2.24, 2.45) is 9.98 Å². The van der Waals surface area contributed by atoms with Crippen LogP contribution in [0.1, 0.15) is 32.6 Å². The lowest BCUT2D eigenvalue weighted by Gasteiger charge is -2.34. The van der Waals surface area contributed by atoms with Gasteiger partial charge in [0.05, 0.1) is 0 Å². The monoisotopic (exact) mass is 348 g/mol. The molecular weight excluding hydrogens is 333 g/mol. The highest BCUT2D eigenvalue weighted by molar-refractivity contribution is 5.96. The largest absolute Gasteiger partial charge is 0.443 e. The summed E-state index contributed by atoms with van der Waals surface area (Å²) >= 11 is 0. The van der Waals surface area contributed by atoms with E-state index in [0.29, 0.717) is 18.9 Å². The van der Waals surface area contributed by atoms with Crippen LogP contribution in [0.15, 0.2) is 22.6 Å². The first-order valence-corrected chi connectivity index (χ1v) is 6.75. The number of rotatable bonds is 6. The molecule has 1 atom stereocenters. The average molecular weight is 348 g/mol. The van der Waals surface area contributed by atoms with Gasteiger partial charge in [0.2, 0.25) is 5.90 Å². The van der Waals surface area contributed by atoms with Crippen molar-refractivity contribution >= 4 is 11.8 Å². The lowest BCUT2D eigenvalue weighted by molar-refractivity contribution is -0.293. The Morgan fingerprint density at radius 3 is 2.13 bits per heavy atom. The minimum Gasteiger partial charge on any atom is -0.426 e. The molecule has 1 rings (SSSR count). The first kappa shape index (κ1) is 19.4. The normalized spacial score (nSPS) is 19.5. The first-order chi connectivity index (χ1) is 10.5. The molecule has 0 bridgehead atoms. The molecular formula is C13H15F7N2O. The van der Waals surface area contributed by atoms with E-state index in [1.165, 1.54) is 0 Å². The van der Waals surface area contributed by atoms with Gasteiger partial charge in [-0.1, -0.05) is 26.3 Å². The fraction of sp³-hybridized carbons (Fsp3) is 0.692. The molecule has 0 N–H and O–H groups in total. The Morgan fingerprint density at radius 1 is 1.13 bits per heavy atom. The number of nitrogens with zero attached hydrogens (tertiary/aromatic N) is 2. The van der Waals surface area contributed by atoms with Crippen molar-refractivity contribution in [2.75, 3.05) is 0 Å². The summed E-state index contributed by atoms with van der Waals surface area (Å²) in [5, 5.41) is 0. The summed E-state index contributed by atoms with van der Waals surface area (Å²) in [4.78, 5) is 5.07. The summed E-state index contributed by atoms with van der Waals surface area (Å²) in [6.45, 7) is 4.76. The molecule has 132 valence electrons. The summed E-state index contributed by atoms with van der Waals surface area (Å²) in [7, 11) is 0. The van der Waals surface area contributed by atoms with E-state index in [0.717, 1.165) is 0 Å². The van der Waals surface area contributed by atoms with Gasteiger partial charge in [-0.25, -0.2) is 14.4 Å². The molecule has 1 unspecified atom stereocenters. The Bertz CT molecular complexity index is 480. The molecule has 1 aliphatic rings. The van der Waals surface area contributed by atoms with Crippen LogP contribution in [0.5, 0.6) is 0 Å². The molecule has 3 nitrogen and oxygen atoms in total. The van der Waals surface area contributed by atoms with Gasteiger partial charge in [-0.2, -0.15) is 26.3 Å². The lowest BCUT2D eigenvalue weighted by atomic mass is 10.1. The van der Waals surface area contributed by atoms with Crippen LogP contribution in [0.25, 0.3) is 0 Å². The second kappa shape index (κ2) is 6.88. The minimum absolute atomic E-state index is 0.249. The molecule has 0 aliphatic carbocycles. The van der Waals surface area contributed by atoms with Crippen molar-refractivity contribution in [3.8, 4) is 0 Å². The van der Waals surface area contributed by atoms with Crippen LogP contribution < -0.4 is 0 Å². The maximum Gasteiger partial charge on any atom is 0.443 e. The predicted octanol–water partition coefficient (Wildman–Crippen LogP) is 4.74. The third-order valence-electron chi connectivity index (χ3n) is 3.01. The van der Waals surface area contributed by atoms with Crippen molar-refractivity contribution in [3.05, 3.63) is 12.7 Å². The van der Waals surface area contributed by atoms with Crippen molar-refractivity contribution in [2.45, 2.75) is 56.8 Å². The standard InChI is InChI=1S/C13H15F7N2O/c1-3-5-6-7-9-21-11(12(15,16)17,13(18,19)20)22-10(23-9)8(14)4-2/h4,8H,2-3,5-7H2,1H3. The van der Waals surface area contributed by atoms with Gasteiger partial charge >= 0.3 is 18.0 Å². The van der Waals surface area contributed by atoms with Gasteiger partial charge < -0.3 is 4.74 Å². The Hall–Kier alpha value is -1.61. The quantitative estimate of drug-likeness (QED) is 0.388. The maximum atomic E-state index is 13.5. The van der Waals surface area contributed by atoms with Crippen LogP contribution in [-0.2, 0) is 4.74 Å². The van der Waals surface area contributed by atoms with E-state index in [2.05, 4.69) is 21.3 Å². The average Bonchev–Trinajstić information content (AvgIpc) is 2.44. The van der Waals surface area contributed by atoms with E-state index >= 15 is 0 Å². The van der Waals surface area contributed by atoms with Crippen LogP contribution in [0.3, 0.4) is 0 Å². The Kier molecular flexibility index (Phi) is 5.81. The summed E-state index contributed by atoms with van der Waals surface area (Å²) < 4.78 is 96.6. The van der Waals surface area contributed by atoms with Crippen molar-refractivity contribution in [1.29, 1.82) is 0 Å². The molecule has 1 aliphatic heterocycles. The number of halogens is 7. The molecule has 0 aromatic rings. The van der Waals surface area contributed by atoms with Crippen molar-refractivity contribution in [1.82, 2.24) is 0 Å². The second-order valence-electron chi connectivity index (χ2n) is 4.82. The minimum atomic E-state index is -5.89. The smallest absolute Gasteiger partial charge is 0.426 e. The number of unbranched alkanes of at least 4 members (excludes halogenated alkanes) is 2. The molecule has 0 radical (unpaired) electrons.